The Morgan fingerprint density at radius 3 is 2.07 bits per heavy atom. The van der Waals surface area contributed by atoms with Gasteiger partial charge in [-0.2, -0.15) is 0 Å². The Morgan fingerprint density at radius 1 is 0.772 bits per heavy atom. The number of aromatic hydroxyl groups is 1. The summed E-state index contributed by atoms with van der Waals surface area (Å²) < 4.78 is 7.04. The molecule has 3 aliphatic carbocycles. The first-order valence-corrected chi connectivity index (χ1v) is 22.4. The van der Waals surface area contributed by atoms with Gasteiger partial charge in [0.05, 0.1) is 17.1 Å². The summed E-state index contributed by atoms with van der Waals surface area (Å²) in [6, 6.07) is 35.7. The fourth-order valence-corrected chi connectivity index (χ4v) is 11.6. The Bertz CT molecular complexity index is 1930. The second-order valence-corrected chi connectivity index (χ2v) is 18.1. The van der Waals surface area contributed by atoms with Crippen LogP contribution in [0.5, 0.6) is 11.5 Å². The van der Waals surface area contributed by atoms with Crippen molar-refractivity contribution in [2.45, 2.75) is 138 Å². The number of phenols is 1. The van der Waals surface area contributed by atoms with Gasteiger partial charge in [-0.3, -0.25) is 9.69 Å². The van der Waals surface area contributed by atoms with Crippen LogP contribution in [0.3, 0.4) is 0 Å². The monoisotopic (exact) mass is 766 g/mol. The van der Waals surface area contributed by atoms with Gasteiger partial charge >= 0.3 is 0 Å². The summed E-state index contributed by atoms with van der Waals surface area (Å²) in [6.45, 7) is 2.50. The van der Waals surface area contributed by atoms with Crippen LogP contribution in [0.25, 0.3) is 0 Å². The summed E-state index contributed by atoms with van der Waals surface area (Å²) >= 11 is 0. The van der Waals surface area contributed by atoms with E-state index in [0.29, 0.717) is 31.6 Å². The van der Waals surface area contributed by atoms with Gasteiger partial charge < -0.3 is 19.8 Å². The Balaban J connectivity index is 0.946. The van der Waals surface area contributed by atoms with E-state index < -0.39 is 17.1 Å². The molecule has 2 saturated carbocycles. The predicted octanol–water partition coefficient (Wildman–Crippen LogP) is 9.74. The average molecular weight is 767 g/mol. The van der Waals surface area contributed by atoms with Crippen molar-refractivity contribution >= 4 is 5.91 Å². The third kappa shape index (κ3) is 7.42. The second-order valence-electron chi connectivity index (χ2n) is 18.1. The van der Waals surface area contributed by atoms with E-state index in [4.69, 9.17) is 4.74 Å². The lowest BCUT2D eigenvalue weighted by Gasteiger charge is -2.65. The van der Waals surface area contributed by atoms with Gasteiger partial charge in [-0.25, -0.2) is 0 Å². The number of piperidine rings is 1. The van der Waals surface area contributed by atoms with E-state index in [0.717, 1.165) is 63.1 Å². The molecule has 4 aromatic carbocycles. The molecule has 6 nitrogen and oxygen atoms in total. The van der Waals surface area contributed by atoms with Crippen molar-refractivity contribution in [1.29, 1.82) is 0 Å². The minimum Gasteiger partial charge on any atom is -0.504 e. The molecule has 0 aromatic heterocycles. The van der Waals surface area contributed by atoms with Crippen LogP contribution in [0.4, 0.5) is 0 Å². The van der Waals surface area contributed by atoms with Gasteiger partial charge in [0.15, 0.2) is 11.5 Å². The number of aryl methyl sites for hydroxylation is 1. The minimum absolute atomic E-state index is 0.0104. The molecule has 300 valence electrons. The normalized spacial score (nSPS) is 25.9. The number of amides is 1. The van der Waals surface area contributed by atoms with Crippen molar-refractivity contribution in [2.75, 3.05) is 19.6 Å². The first-order chi connectivity index (χ1) is 28.0. The van der Waals surface area contributed by atoms with Gasteiger partial charge in [-0.1, -0.05) is 136 Å². The lowest BCUT2D eigenvalue weighted by molar-refractivity contribution is -0.202. The molecule has 2 aliphatic heterocycles. The zero-order chi connectivity index (χ0) is 38.8. The van der Waals surface area contributed by atoms with E-state index in [1.165, 1.54) is 67.2 Å². The van der Waals surface area contributed by atoms with Crippen LogP contribution in [0.2, 0.25) is 0 Å². The van der Waals surface area contributed by atoms with E-state index in [1.54, 1.807) is 6.07 Å². The maximum absolute atomic E-state index is 14.9. The summed E-state index contributed by atoms with van der Waals surface area (Å²) in [6.07, 6.45) is 16.0. The number of phenolic OH excluding ortho intramolecular Hbond substituents is 1. The van der Waals surface area contributed by atoms with E-state index in [-0.39, 0.29) is 29.7 Å². The number of carbonyl (C=O) groups excluding carboxylic acids is 1. The summed E-state index contributed by atoms with van der Waals surface area (Å²) in [5.74, 6) is 1.60. The molecule has 2 N–H and O–H groups in total. The largest absolute Gasteiger partial charge is 0.504 e. The fraction of sp³-hybridized carbons (Fsp3) is 0.510. The number of nitrogens with zero attached hydrogens (tertiary/aromatic N) is 2. The predicted molar refractivity (Wildman–Crippen MR) is 227 cm³/mol. The standard InChI is InChI=1S/C51H62N2O4/c54-44-29-28-41-34-45-51(56)31-30-43(49-50(51,47(41)48(44)57-49)32-33-52(45)35-38-26-27-38)53(36-42(39-21-13-8-14-22-39)40-23-15-9-16-24-40)46(55)25-17-6-4-2-1-3-5-10-18-37-19-11-7-12-20-37/h7-9,11-16,19-24,28-29,38,42-43,45,49,54,56H,1-6,10,17-18,25-27,30-36H2/t43?,45-,49?,50+,51-/m1/s1. The summed E-state index contributed by atoms with van der Waals surface area (Å²) in [5.41, 5.74) is 4.38. The molecule has 2 heterocycles. The molecule has 6 heteroatoms. The Labute approximate surface area is 340 Å². The molecule has 2 unspecified atom stereocenters. The molecule has 2 bridgehead atoms. The summed E-state index contributed by atoms with van der Waals surface area (Å²) in [7, 11) is 0. The van der Waals surface area contributed by atoms with Crippen LogP contribution < -0.4 is 4.74 Å². The van der Waals surface area contributed by atoms with Gasteiger partial charge in [0, 0.05) is 37.0 Å². The third-order valence-electron chi connectivity index (χ3n) is 14.7. The quantitative estimate of drug-likeness (QED) is 0.0988. The van der Waals surface area contributed by atoms with E-state index >= 15 is 0 Å². The highest BCUT2D eigenvalue weighted by atomic mass is 16.5. The molecule has 5 atom stereocenters. The molecule has 0 radical (unpaired) electrons. The van der Waals surface area contributed by atoms with Crippen LogP contribution in [0.15, 0.2) is 103 Å². The van der Waals surface area contributed by atoms with Crippen molar-refractivity contribution in [3.63, 3.8) is 0 Å². The van der Waals surface area contributed by atoms with Gasteiger partial charge in [-0.15, -0.1) is 0 Å². The van der Waals surface area contributed by atoms with Crippen molar-refractivity contribution in [2.24, 2.45) is 5.92 Å². The number of aliphatic hydroxyl groups is 1. The number of unbranched alkanes of at least 4 members (excludes halogenated alkanes) is 7. The van der Waals surface area contributed by atoms with Crippen molar-refractivity contribution in [3.05, 3.63) is 131 Å². The summed E-state index contributed by atoms with van der Waals surface area (Å²) in [4.78, 5) is 19.7. The van der Waals surface area contributed by atoms with Crippen LogP contribution in [-0.2, 0) is 23.1 Å². The van der Waals surface area contributed by atoms with Gasteiger partial charge in [0.1, 0.15) is 6.10 Å². The number of hydrogen-bond donors (Lipinski definition) is 2. The van der Waals surface area contributed by atoms with Gasteiger partial charge in [-0.05, 0) is 98.6 Å². The smallest absolute Gasteiger partial charge is 0.222 e. The number of carbonyl (C=O) groups is 1. The third-order valence-corrected chi connectivity index (χ3v) is 14.7. The van der Waals surface area contributed by atoms with E-state index in [1.807, 2.05) is 0 Å². The lowest BCUT2D eigenvalue weighted by atomic mass is 9.48. The maximum Gasteiger partial charge on any atom is 0.222 e. The summed E-state index contributed by atoms with van der Waals surface area (Å²) in [5, 5.41) is 24.6. The van der Waals surface area contributed by atoms with Gasteiger partial charge in [0.25, 0.3) is 0 Å². The van der Waals surface area contributed by atoms with Crippen LogP contribution in [0.1, 0.15) is 124 Å². The Kier molecular flexibility index (Phi) is 11.2. The lowest BCUT2D eigenvalue weighted by Crippen LogP contribution is -2.78. The number of hydrogen-bond acceptors (Lipinski definition) is 5. The zero-order valence-corrected chi connectivity index (χ0v) is 33.7. The second kappa shape index (κ2) is 16.6. The average Bonchev–Trinajstić information content (AvgIpc) is 3.99. The first kappa shape index (κ1) is 38.4. The highest BCUT2D eigenvalue weighted by Gasteiger charge is 2.73. The van der Waals surface area contributed by atoms with Crippen LogP contribution in [-0.4, -0.2) is 69.3 Å². The van der Waals surface area contributed by atoms with Crippen molar-refractivity contribution in [3.8, 4) is 11.5 Å². The van der Waals surface area contributed by atoms with E-state index in [2.05, 4.69) is 107 Å². The molecule has 1 spiro atoms. The first-order valence-electron chi connectivity index (χ1n) is 22.4. The highest BCUT2D eigenvalue weighted by molar-refractivity contribution is 5.77. The number of ether oxygens (including phenoxy) is 1. The molecule has 57 heavy (non-hydrogen) atoms. The fourth-order valence-electron chi connectivity index (χ4n) is 11.6. The van der Waals surface area contributed by atoms with Crippen LogP contribution >= 0.6 is 0 Å². The van der Waals surface area contributed by atoms with Crippen molar-refractivity contribution < 1.29 is 19.7 Å². The van der Waals surface area contributed by atoms with E-state index in [9.17, 15) is 15.0 Å². The molecule has 5 aliphatic rings. The van der Waals surface area contributed by atoms with Crippen LogP contribution in [0, 0.1) is 5.92 Å². The molecular formula is C51H62N2O4. The number of benzene rings is 4. The zero-order valence-electron chi connectivity index (χ0n) is 33.7. The Morgan fingerprint density at radius 2 is 1.40 bits per heavy atom. The number of likely N-dealkylation sites (tertiary alicyclic amines) is 1. The SMILES string of the molecule is O=C(CCCCCCCCCCc1ccccc1)N(CC(c1ccccc1)c1ccccc1)C1CC[C@@]2(O)[C@H]3Cc4ccc(O)c5c4[C@@]2(CCN3CC2CC2)C1O5. The highest BCUT2D eigenvalue weighted by Crippen LogP contribution is 2.66. The molecule has 4 aromatic rings. The molecule has 1 amide bonds. The minimum atomic E-state index is -0.984. The molecular weight excluding hydrogens is 705 g/mol. The molecule has 3 fully saturated rings. The van der Waals surface area contributed by atoms with Gasteiger partial charge in [0.2, 0.25) is 5.91 Å². The topological polar surface area (TPSA) is 73.2 Å². The Hall–Kier alpha value is -4.13. The maximum atomic E-state index is 14.9. The molecule has 9 rings (SSSR count). The van der Waals surface area contributed by atoms with Crippen molar-refractivity contribution in [1.82, 2.24) is 9.80 Å². The molecule has 1 saturated heterocycles. The number of rotatable bonds is 18.